The molecule has 3 heteroatoms. The summed E-state index contributed by atoms with van der Waals surface area (Å²) in [5, 5.41) is 0. The highest BCUT2D eigenvalue weighted by molar-refractivity contribution is 5.95. The molecule has 3 nitrogen and oxygen atoms in total. The van der Waals surface area contributed by atoms with Crippen molar-refractivity contribution in [1.29, 1.82) is 0 Å². The third-order valence-electron chi connectivity index (χ3n) is 1.38. The summed E-state index contributed by atoms with van der Waals surface area (Å²) in [6.45, 7) is 6.01. The van der Waals surface area contributed by atoms with Crippen LogP contribution in [-0.4, -0.2) is 16.4 Å². The van der Waals surface area contributed by atoms with E-state index in [-0.39, 0.29) is 5.54 Å². The van der Waals surface area contributed by atoms with Gasteiger partial charge < -0.3 is 5.73 Å². The van der Waals surface area contributed by atoms with E-state index < -0.39 is 0 Å². The van der Waals surface area contributed by atoms with Gasteiger partial charge in [-0.3, -0.25) is 9.98 Å². The van der Waals surface area contributed by atoms with Crippen molar-refractivity contribution in [3.63, 3.8) is 0 Å². The second-order valence-corrected chi connectivity index (χ2v) is 3.88. The second-order valence-electron chi connectivity index (χ2n) is 3.88. The zero-order chi connectivity index (χ0) is 9.90. The third kappa shape index (κ3) is 3.23. The Bertz CT molecular complexity index is 296. The summed E-state index contributed by atoms with van der Waals surface area (Å²) >= 11 is 0. The SMILES string of the molecule is CC(C)(C)N=C(N)c1ccccn1. The first kappa shape index (κ1) is 9.71. The van der Waals surface area contributed by atoms with E-state index in [9.17, 15) is 0 Å². The van der Waals surface area contributed by atoms with Crippen LogP contribution in [0.25, 0.3) is 0 Å². The Hall–Kier alpha value is -1.38. The highest BCUT2D eigenvalue weighted by Gasteiger charge is 2.09. The van der Waals surface area contributed by atoms with Crippen LogP contribution >= 0.6 is 0 Å². The Morgan fingerprint density at radius 3 is 2.54 bits per heavy atom. The standard InChI is InChI=1S/C10H15N3/c1-10(2,3)13-9(11)8-6-4-5-7-12-8/h4-7H,1-3H3,(H2,11,13). The molecule has 0 bridgehead atoms. The molecule has 1 aromatic rings. The van der Waals surface area contributed by atoms with E-state index >= 15 is 0 Å². The number of aliphatic imine (C=N–C) groups is 1. The van der Waals surface area contributed by atoms with Gasteiger partial charge in [-0.15, -0.1) is 0 Å². The van der Waals surface area contributed by atoms with Crippen LogP contribution in [0, 0.1) is 0 Å². The summed E-state index contributed by atoms with van der Waals surface area (Å²) < 4.78 is 0. The van der Waals surface area contributed by atoms with Gasteiger partial charge in [-0.25, -0.2) is 0 Å². The lowest BCUT2D eigenvalue weighted by Gasteiger charge is -2.12. The van der Waals surface area contributed by atoms with Gasteiger partial charge in [-0.1, -0.05) is 6.07 Å². The summed E-state index contributed by atoms with van der Waals surface area (Å²) in [7, 11) is 0. The van der Waals surface area contributed by atoms with Crippen molar-refractivity contribution in [3.8, 4) is 0 Å². The molecule has 1 rings (SSSR count). The van der Waals surface area contributed by atoms with Crippen LogP contribution in [0.1, 0.15) is 26.5 Å². The summed E-state index contributed by atoms with van der Waals surface area (Å²) in [5.41, 5.74) is 6.35. The minimum Gasteiger partial charge on any atom is -0.382 e. The van der Waals surface area contributed by atoms with E-state index in [4.69, 9.17) is 5.73 Å². The van der Waals surface area contributed by atoms with Gasteiger partial charge in [0.25, 0.3) is 0 Å². The summed E-state index contributed by atoms with van der Waals surface area (Å²) in [5.74, 6) is 0.494. The van der Waals surface area contributed by atoms with Crippen LogP contribution in [-0.2, 0) is 0 Å². The number of nitrogens with two attached hydrogens (primary N) is 1. The minimum absolute atomic E-state index is 0.151. The third-order valence-corrected chi connectivity index (χ3v) is 1.38. The first-order chi connectivity index (χ1) is 5.99. The Morgan fingerprint density at radius 1 is 1.38 bits per heavy atom. The van der Waals surface area contributed by atoms with Gasteiger partial charge in [-0.2, -0.15) is 0 Å². The molecule has 0 aliphatic rings. The maximum atomic E-state index is 5.77. The lowest BCUT2D eigenvalue weighted by molar-refractivity contribution is 0.583. The average molecular weight is 177 g/mol. The maximum absolute atomic E-state index is 5.77. The molecule has 0 aromatic carbocycles. The highest BCUT2D eigenvalue weighted by Crippen LogP contribution is 2.07. The Morgan fingerprint density at radius 2 is 2.08 bits per heavy atom. The van der Waals surface area contributed by atoms with E-state index in [1.54, 1.807) is 6.20 Å². The molecule has 0 saturated carbocycles. The normalized spacial score (nSPS) is 13.0. The molecule has 0 amide bonds. The van der Waals surface area contributed by atoms with Gasteiger partial charge in [0.1, 0.15) is 11.5 Å². The van der Waals surface area contributed by atoms with Crippen LogP contribution in [0.15, 0.2) is 29.4 Å². The summed E-state index contributed by atoms with van der Waals surface area (Å²) in [6.07, 6.45) is 1.71. The summed E-state index contributed by atoms with van der Waals surface area (Å²) in [6, 6.07) is 5.60. The molecule has 13 heavy (non-hydrogen) atoms. The van der Waals surface area contributed by atoms with Crippen molar-refractivity contribution >= 4 is 5.84 Å². The summed E-state index contributed by atoms with van der Waals surface area (Å²) in [4.78, 5) is 8.42. The molecule has 1 aromatic heterocycles. The lowest BCUT2D eigenvalue weighted by Crippen LogP contribution is -2.22. The van der Waals surface area contributed by atoms with Crippen molar-refractivity contribution in [2.45, 2.75) is 26.3 Å². The van der Waals surface area contributed by atoms with Gasteiger partial charge in [0.05, 0.1) is 5.54 Å². The number of hydrogen-bond acceptors (Lipinski definition) is 2. The largest absolute Gasteiger partial charge is 0.382 e. The van der Waals surface area contributed by atoms with E-state index in [2.05, 4.69) is 9.98 Å². The molecule has 0 saturated heterocycles. The molecule has 0 unspecified atom stereocenters. The van der Waals surface area contributed by atoms with E-state index in [1.165, 1.54) is 0 Å². The van der Waals surface area contributed by atoms with Gasteiger partial charge in [0.15, 0.2) is 0 Å². The Kier molecular flexibility index (Phi) is 2.66. The van der Waals surface area contributed by atoms with E-state index in [0.717, 1.165) is 5.69 Å². The predicted octanol–water partition coefficient (Wildman–Crippen LogP) is 1.59. The number of amidine groups is 1. The van der Waals surface area contributed by atoms with E-state index in [0.29, 0.717) is 5.84 Å². The molecule has 0 aliphatic heterocycles. The Balaban J connectivity index is 2.92. The molecule has 0 spiro atoms. The fourth-order valence-corrected chi connectivity index (χ4v) is 0.933. The van der Waals surface area contributed by atoms with Crippen LogP contribution in [0.4, 0.5) is 0 Å². The molecule has 0 atom stereocenters. The van der Waals surface area contributed by atoms with Gasteiger partial charge in [0.2, 0.25) is 0 Å². The van der Waals surface area contributed by atoms with Crippen LogP contribution in [0.3, 0.4) is 0 Å². The molecule has 0 radical (unpaired) electrons. The number of hydrogen-bond donors (Lipinski definition) is 1. The quantitative estimate of drug-likeness (QED) is 0.523. The van der Waals surface area contributed by atoms with Crippen LogP contribution < -0.4 is 5.73 Å². The minimum atomic E-state index is -0.151. The van der Waals surface area contributed by atoms with Crippen molar-refractivity contribution < 1.29 is 0 Å². The molecule has 1 heterocycles. The first-order valence-corrected chi connectivity index (χ1v) is 4.26. The van der Waals surface area contributed by atoms with E-state index in [1.807, 2.05) is 39.0 Å². The second kappa shape index (κ2) is 3.56. The topological polar surface area (TPSA) is 51.3 Å². The van der Waals surface area contributed by atoms with Gasteiger partial charge in [0, 0.05) is 6.20 Å². The van der Waals surface area contributed by atoms with Crippen LogP contribution in [0.2, 0.25) is 0 Å². The zero-order valence-electron chi connectivity index (χ0n) is 8.28. The van der Waals surface area contributed by atoms with Gasteiger partial charge in [-0.05, 0) is 32.9 Å². The molecular formula is C10H15N3. The molecule has 70 valence electrons. The smallest absolute Gasteiger partial charge is 0.145 e. The fourth-order valence-electron chi connectivity index (χ4n) is 0.933. The van der Waals surface area contributed by atoms with Crippen molar-refractivity contribution in [2.24, 2.45) is 10.7 Å². The monoisotopic (exact) mass is 177 g/mol. The predicted molar refractivity (Wildman–Crippen MR) is 54.7 cm³/mol. The van der Waals surface area contributed by atoms with Crippen molar-refractivity contribution in [1.82, 2.24) is 4.98 Å². The molecule has 0 aliphatic carbocycles. The molecule has 0 fully saturated rings. The molecular weight excluding hydrogens is 162 g/mol. The average Bonchev–Trinajstić information content (AvgIpc) is 2.03. The van der Waals surface area contributed by atoms with Crippen molar-refractivity contribution in [2.75, 3.05) is 0 Å². The number of aromatic nitrogens is 1. The maximum Gasteiger partial charge on any atom is 0.145 e. The number of rotatable bonds is 1. The number of pyridine rings is 1. The molecule has 2 N–H and O–H groups in total. The van der Waals surface area contributed by atoms with Crippen LogP contribution in [0.5, 0.6) is 0 Å². The lowest BCUT2D eigenvalue weighted by atomic mass is 10.1. The Labute approximate surface area is 78.7 Å². The first-order valence-electron chi connectivity index (χ1n) is 4.26. The number of nitrogens with zero attached hydrogens (tertiary/aromatic N) is 2. The van der Waals surface area contributed by atoms with Gasteiger partial charge >= 0.3 is 0 Å². The highest BCUT2D eigenvalue weighted by atomic mass is 14.9. The zero-order valence-corrected chi connectivity index (χ0v) is 8.28. The fraction of sp³-hybridized carbons (Fsp3) is 0.400. The van der Waals surface area contributed by atoms with Crippen molar-refractivity contribution in [3.05, 3.63) is 30.1 Å².